The number of aromatic hydroxyl groups is 1. The van der Waals surface area contributed by atoms with E-state index in [1.54, 1.807) is 41.7 Å². The predicted octanol–water partition coefficient (Wildman–Crippen LogP) is 6.28. The lowest BCUT2D eigenvalue weighted by molar-refractivity contribution is -0.136. The van der Waals surface area contributed by atoms with Crippen LogP contribution in [0.4, 0.5) is 5.69 Å². The van der Waals surface area contributed by atoms with Crippen LogP contribution in [-0.2, 0) is 14.3 Å². The maximum absolute atomic E-state index is 13.0. The van der Waals surface area contributed by atoms with Crippen LogP contribution < -0.4 is 20.1 Å². The van der Waals surface area contributed by atoms with Crippen LogP contribution >= 0.6 is 11.3 Å². The van der Waals surface area contributed by atoms with Gasteiger partial charge < -0.3 is 24.6 Å². The molecule has 4 aromatic carbocycles. The molecular formula is C38H33N3O8S. The molecular weight excluding hydrogens is 658 g/mol. The number of rotatable bonds is 12. The van der Waals surface area contributed by atoms with Crippen LogP contribution in [0.25, 0.3) is 20.5 Å². The first kappa shape index (κ1) is 32.8. The predicted molar refractivity (Wildman–Crippen MR) is 188 cm³/mol. The molecule has 0 radical (unpaired) electrons. The van der Waals surface area contributed by atoms with Crippen molar-refractivity contribution in [3.8, 4) is 33.4 Å². The number of amides is 4. The van der Waals surface area contributed by atoms with Crippen LogP contribution in [0, 0.1) is 6.92 Å². The number of imide groups is 2. The Morgan fingerprint density at radius 1 is 0.860 bits per heavy atom. The van der Waals surface area contributed by atoms with Crippen LogP contribution in [0.15, 0.2) is 84.9 Å². The molecule has 254 valence electrons. The number of fused-ring (bicyclic) bond motifs is 2. The maximum Gasteiger partial charge on any atom is 0.262 e. The van der Waals surface area contributed by atoms with Gasteiger partial charge in [0, 0.05) is 28.7 Å². The summed E-state index contributed by atoms with van der Waals surface area (Å²) in [4.78, 5) is 51.6. The van der Waals surface area contributed by atoms with Gasteiger partial charge in [-0.1, -0.05) is 29.8 Å². The molecule has 1 aromatic heterocycles. The Kier molecular flexibility index (Phi) is 9.20. The van der Waals surface area contributed by atoms with Crippen molar-refractivity contribution in [3.05, 3.63) is 102 Å². The van der Waals surface area contributed by atoms with Crippen molar-refractivity contribution < 1.29 is 38.5 Å². The number of hydrogen-bond donors (Lipinski definition) is 3. The third kappa shape index (κ3) is 6.75. The SMILES string of the molecule is Cc1ccc(-c2sc3cc(O)ccc3c2Oc2ccc(OCCOCCNc3ccc4c(c3)C(=O)N(C3CCC(=O)NC3=O)C4=O)cc2)cc1. The summed E-state index contributed by atoms with van der Waals surface area (Å²) in [6.45, 7) is 3.56. The number of ether oxygens (including phenoxy) is 3. The highest BCUT2D eigenvalue weighted by Crippen LogP contribution is 2.47. The number of aryl methyl sites for hydroxylation is 1. The highest BCUT2D eigenvalue weighted by atomic mass is 32.1. The second-order valence-corrected chi connectivity index (χ2v) is 13.0. The molecule has 5 aromatic rings. The van der Waals surface area contributed by atoms with Gasteiger partial charge in [0.15, 0.2) is 5.75 Å². The number of carbonyl (C=O) groups is 4. The second kappa shape index (κ2) is 14.0. The van der Waals surface area contributed by atoms with Crippen LogP contribution in [0.5, 0.6) is 23.0 Å². The summed E-state index contributed by atoms with van der Waals surface area (Å²) < 4.78 is 18.9. The number of nitrogens with one attached hydrogen (secondary N) is 2. The maximum atomic E-state index is 13.0. The Bertz CT molecular complexity index is 2110. The van der Waals surface area contributed by atoms with Gasteiger partial charge in [-0.2, -0.15) is 0 Å². The van der Waals surface area contributed by atoms with Crippen LogP contribution in [0.3, 0.4) is 0 Å². The molecule has 3 heterocycles. The lowest BCUT2D eigenvalue weighted by Crippen LogP contribution is -2.54. The first-order valence-corrected chi connectivity index (χ1v) is 17.0. The average molecular weight is 692 g/mol. The smallest absolute Gasteiger partial charge is 0.262 e. The van der Waals surface area contributed by atoms with Gasteiger partial charge >= 0.3 is 0 Å². The molecule has 12 heteroatoms. The standard InChI is InChI=1S/C38H33N3O8S/c1-22-2-4-23(5-3-22)35-34(29-13-7-25(42)21-32(29)50-35)49-27-10-8-26(9-11-27)48-19-18-47-17-16-39-24-6-12-28-30(20-24)38(46)41(37(28)45)31-14-15-33(43)40-36(31)44/h2-13,20-21,31,39,42H,14-19H2,1H3,(H,40,43,44). The molecule has 4 amide bonds. The van der Waals surface area contributed by atoms with E-state index in [-0.39, 0.29) is 29.7 Å². The van der Waals surface area contributed by atoms with Crippen LogP contribution in [-0.4, -0.2) is 66.0 Å². The molecule has 2 aliphatic heterocycles. The van der Waals surface area contributed by atoms with Gasteiger partial charge in [0.25, 0.3) is 11.8 Å². The zero-order chi connectivity index (χ0) is 34.8. The fourth-order valence-electron chi connectivity index (χ4n) is 5.95. The molecule has 1 atom stereocenters. The fraction of sp³-hybridized carbons (Fsp3) is 0.211. The number of anilines is 1. The summed E-state index contributed by atoms with van der Waals surface area (Å²) in [7, 11) is 0. The summed E-state index contributed by atoms with van der Waals surface area (Å²) >= 11 is 1.57. The molecule has 0 bridgehead atoms. The highest BCUT2D eigenvalue weighted by molar-refractivity contribution is 7.22. The number of hydrogen-bond acceptors (Lipinski definition) is 10. The Hall–Kier alpha value is -5.72. The van der Waals surface area contributed by atoms with Gasteiger partial charge in [0.2, 0.25) is 11.8 Å². The zero-order valence-corrected chi connectivity index (χ0v) is 27.9. The van der Waals surface area contributed by atoms with Gasteiger partial charge in [0.1, 0.15) is 29.9 Å². The second-order valence-electron chi connectivity index (χ2n) is 12.0. The lowest BCUT2D eigenvalue weighted by Gasteiger charge is -2.27. The topological polar surface area (TPSA) is 144 Å². The Morgan fingerprint density at radius 3 is 2.40 bits per heavy atom. The number of phenols is 1. The Balaban J connectivity index is 0.877. The number of thiophene rings is 1. The molecule has 3 N–H and O–H groups in total. The Labute approximate surface area is 291 Å². The number of phenolic OH excluding ortho intramolecular Hbond substituents is 1. The van der Waals surface area contributed by atoms with E-state index in [4.69, 9.17) is 14.2 Å². The molecule has 11 nitrogen and oxygen atoms in total. The minimum absolute atomic E-state index is 0.0700. The van der Waals surface area contributed by atoms with Crippen LogP contribution in [0.1, 0.15) is 39.1 Å². The average Bonchev–Trinajstić information content (AvgIpc) is 3.58. The lowest BCUT2D eigenvalue weighted by atomic mass is 10.0. The molecule has 0 spiro atoms. The van der Waals surface area contributed by atoms with E-state index in [1.165, 1.54) is 5.56 Å². The number of piperidine rings is 1. The van der Waals surface area contributed by atoms with E-state index >= 15 is 0 Å². The molecule has 2 aliphatic rings. The number of benzene rings is 4. The van der Waals surface area contributed by atoms with Crippen molar-refractivity contribution in [2.75, 3.05) is 31.7 Å². The molecule has 1 saturated heterocycles. The summed E-state index contributed by atoms with van der Waals surface area (Å²) in [5, 5.41) is 16.3. The first-order chi connectivity index (χ1) is 24.2. The van der Waals surface area contributed by atoms with E-state index in [2.05, 4.69) is 34.9 Å². The largest absolute Gasteiger partial charge is 0.508 e. The first-order valence-electron chi connectivity index (χ1n) is 16.2. The number of carbonyl (C=O) groups excluding carboxylic acids is 4. The molecule has 1 fully saturated rings. The van der Waals surface area contributed by atoms with Crippen molar-refractivity contribution in [3.63, 3.8) is 0 Å². The molecule has 7 rings (SSSR count). The Morgan fingerprint density at radius 2 is 1.62 bits per heavy atom. The highest BCUT2D eigenvalue weighted by Gasteiger charge is 2.44. The summed E-state index contributed by atoms with van der Waals surface area (Å²) in [5.41, 5.74) is 3.29. The van der Waals surface area contributed by atoms with Gasteiger partial charge in [-0.05, 0) is 79.6 Å². The third-order valence-electron chi connectivity index (χ3n) is 8.50. The van der Waals surface area contributed by atoms with Gasteiger partial charge in [0.05, 0.1) is 29.2 Å². The van der Waals surface area contributed by atoms with E-state index < -0.39 is 29.7 Å². The van der Waals surface area contributed by atoms with E-state index in [0.29, 0.717) is 43.6 Å². The van der Waals surface area contributed by atoms with E-state index in [1.807, 2.05) is 37.3 Å². The minimum atomic E-state index is -1.00. The van der Waals surface area contributed by atoms with Crippen molar-refractivity contribution in [2.24, 2.45) is 0 Å². The third-order valence-corrected chi connectivity index (χ3v) is 9.68. The monoisotopic (exact) mass is 691 g/mol. The summed E-state index contributed by atoms with van der Waals surface area (Å²) in [6.07, 6.45) is 0.179. The van der Waals surface area contributed by atoms with Gasteiger partial charge in [-0.3, -0.25) is 29.4 Å². The van der Waals surface area contributed by atoms with Crippen LogP contribution in [0.2, 0.25) is 0 Å². The van der Waals surface area contributed by atoms with Gasteiger partial charge in [-0.25, -0.2) is 0 Å². The molecule has 0 aliphatic carbocycles. The number of nitrogens with zero attached hydrogens (tertiary/aromatic N) is 1. The fourth-order valence-corrected chi connectivity index (χ4v) is 7.12. The normalized spacial score (nSPS) is 15.7. The van der Waals surface area contributed by atoms with Crippen molar-refractivity contribution in [1.82, 2.24) is 10.2 Å². The summed E-state index contributed by atoms with van der Waals surface area (Å²) in [6, 6.07) is 24.8. The van der Waals surface area contributed by atoms with Crippen molar-refractivity contribution in [1.29, 1.82) is 0 Å². The minimum Gasteiger partial charge on any atom is -0.508 e. The van der Waals surface area contributed by atoms with Crippen molar-refractivity contribution in [2.45, 2.75) is 25.8 Å². The quantitative estimate of drug-likeness (QED) is 0.102. The van der Waals surface area contributed by atoms with E-state index in [0.717, 1.165) is 31.2 Å². The van der Waals surface area contributed by atoms with E-state index in [9.17, 15) is 24.3 Å². The summed E-state index contributed by atoms with van der Waals surface area (Å²) in [5.74, 6) is 0.122. The molecule has 0 saturated carbocycles. The molecule has 50 heavy (non-hydrogen) atoms. The zero-order valence-electron chi connectivity index (χ0n) is 27.1. The molecule has 1 unspecified atom stereocenters. The van der Waals surface area contributed by atoms with Gasteiger partial charge in [-0.15, -0.1) is 11.3 Å². The van der Waals surface area contributed by atoms with Crippen molar-refractivity contribution >= 4 is 50.7 Å².